The fourth-order valence-corrected chi connectivity index (χ4v) is 2.25. The van der Waals surface area contributed by atoms with E-state index in [1.165, 1.54) is 0 Å². The Balaban J connectivity index is 1.97. The predicted molar refractivity (Wildman–Crippen MR) is 77.3 cm³/mol. The first-order valence-electron chi connectivity index (χ1n) is 6.36. The molecule has 3 aromatic rings. The minimum Gasteiger partial charge on any atom is -0.384 e. The predicted octanol–water partition coefficient (Wildman–Crippen LogP) is 1.40. The molecule has 1 atom stereocenters. The number of fused-ring (bicyclic) bond motifs is 1. The number of aliphatic hydroxyl groups excluding tert-OH is 1. The molecule has 0 amide bonds. The first kappa shape index (κ1) is 12.7. The van der Waals surface area contributed by atoms with Crippen molar-refractivity contribution in [2.75, 3.05) is 0 Å². The summed E-state index contributed by atoms with van der Waals surface area (Å²) in [7, 11) is 0. The molecule has 0 aliphatic carbocycles. The average Bonchev–Trinajstić information content (AvgIpc) is 2.85. The molecule has 5 nitrogen and oxygen atoms in total. The highest BCUT2D eigenvalue weighted by molar-refractivity contribution is 5.75. The molecule has 0 aliphatic rings. The molecular weight excluding hydrogens is 254 g/mol. The van der Waals surface area contributed by atoms with Crippen LogP contribution in [-0.4, -0.2) is 15.1 Å². The summed E-state index contributed by atoms with van der Waals surface area (Å²) in [5.41, 5.74) is 9.25. The molecule has 1 aromatic heterocycles. The molecule has 0 fully saturated rings. The van der Waals surface area contributed by atoms with Crippen molar-refractivity contribution in [3.05, 3.63) is 69.6 Å². The maximum atomic E-state index is 11.2. The van der Waals surface area contributed by atoms with Gasteiger partial charge in [-0.25, -0.2) is 4.79 Å². The van der Waals surface area contributed by atoms with Crippen LogP contribution < -0.4 is 11.4 Å². The number of hydrogen-bond acceptors (Lipinski definition) is 3. The van der Waals surface area contributed by atoms with E-state index in [1.54, 1.807) is 18.2 Å². The second kappa shape index (κ2) is 4.96. The zero-order chi connectivity index (χ0) is 14.1. The van der Waals surface area contributed by atoms with Crippen LogP contribution >= 0.6 is 0 Å². The Morgan fingerprint density at radius 2 is 1.65 bits per heavy atom. The first-order chi connectivity index (χ1) is 9.67. The van der Waals surface area contributed by atoms with E-state index < -0.39 is 6.10 Å². The van der Waals surface area contributed by atoms with E-state index in [2.05, 4.69) is 9.97 Å². The van der Waals surface area contributed by atoms with Crippen LogP contribution in [0.25, 0.3) is 11.0 Å². The summed E-state index contributed by atoms with van der Waals surface area (Å²) in [5, 5.41) is 10.4. The molecule has 5 N–H and O–H groups in total. The number of aromatic nitrogens is 2. The van der Waals surface area contributed by atoms with Crippen LogP contribution in [0.2, 0.25) is 0 Å². The van der Waals surface area contributed by atoms with Crippen molar-refractivity contribution in [3.8, 4) is 0 Å². The van der Waals surface area contributed by atoms with E-state index in [0.717, 1.165) is 22.2 Å². The van der Waals surface area contributed by atoms with Crippen LogP contribution in [0.4, 0.5) is 0 Å². The SMILES string of the molecule is NCc1ccc(C(O)c2ccc3[nH]c(=O)[nH]c3c2)cc1. The van der Waals surface area contributed by atoms with Gasteiger partial charge in [0.1, 0.15) is 6.10 Å². The van der Waals surface area contributed by atoms with Gasteiger partial charge in [0, 0.05) is 6.54 Å². The summed E-state index contributed by atoms with van der Waals surface area (Å²) >= 11 is 0. The molecule has 1 heterocycles. The highest BCUT2D eigenvalue weighted by Crippen LogP contribution is 2.24. The summed E-state index contributed by atoms with van der Waals surface area (Å²) in [6.07, 6.45) is -0.732. The van der Waals surface area contributed by atoms with Gasteiger partial charge in [-0.15, -0.1) is 0 Å². The van der Waals surface area contributed by atoms with Gasteiger partial charge in [0.15, 0.2) is 0 Å². The fourth-order valence-electron chi connectivity index (χ4n) is 2.25. The molecular formula is C15H15N3O2. The molecule has 0 bridgehead atoms. The Morgan fingerprint density at radius 3 is 2.35 bits per heavy atom. The Bertz CT molecular complexity index is 787. The van der Waals surface area contributed by atoms with Crippen molar-refractivity contribution >= 4 is 11.0 Å². The lowest BCUT2D eigenvalue weighted by Gasteiger charge is -2.12. The van der Waals surface area contributed by atoms with Gasteiger partial charge >= 0.3 is 5.69 Å². The van der Waals surface area contributed by atoms with Gasteiger partial charge in [0.25, 0.3) is 0 Å². The maximum absolute atomic E-state index is 11.2. The summed E-state index contributed by atoms with van der Waals surface area (Å²) < 4.78 is 0. The van der Waals surface area contributed by atoms with Crippen LogP contribution in [0.3, 0.4) is 0 Å². The zero-order valence-corrected chi connectivity index (χ0v) is 10.8. The number of hydrogen-bond donors (Lipinski definition) is 4. The Morgan fingerprint density at radius 1 is 1.00 bits per heavy atom. The normalized spacial score (nSPS) is 12.7. The standard InChI is InChI=1S/C15H15N3O2/c16-8-9-1-3-10(4-2-9)14(19)11-5-6-12-13(7-11)18-15(20)17-12/h1-7,14,19H,8,16H2,(H2,17,18,20). The largest absolute Gasteiger partial charge is 0.384 e. The minimum absolute atomic E-state index is 0.251. The van der Waals surface area contributed by atoms with E-state index in [-0.39, 0.29) is 5.69 Å². The Hall–Kier alpha value is -2.37. The van der Waals surface area contributed by atoms with Crippen LogP contribution in [0, 0.1) is 0 Å². The number of nitrogens with two attached hydrogens (primary N) is 1. The molecule has 20 heavy (non-hydrogen) atoms. The van der Waals surface area contributed by atoms with Gasteiger partial charge in [-0.05, 0) is 28.8 Å². The quantitative estimate of drug-likeness (QED) is 0.578. The van der Waals surface area contributed by atoms with Crippen molar-refractivity contribution < 1.29 is 5.11 Å². The summed E-state index contributed by atoms with van der Waals surface area (Å²) in [5.74, 6) is 0. The minimum atomic E-state index is -0.732. The van der Waals surface area contributed by atoms with E-state index in [1.807, 2.05) is 24.3 Å². The summed E-state index contributed by atoms with van der Waals surface area (Å²) in [4.78, 5) is 16.6. The smallest absolute Gasteiger partial charge is 0.323 e. The fraction of sp³-hybridized carbons (Fsp3) is 0.133. The second-order valence-electron chi connectivity index (χ2n) is 4.73. The molecule has 0 aliphatic heterocycles. The van der Waals surface area contributed by atoms with Crippen LogP contribution in [0.15, 0.2) is 47.3 Å². The van der Waals surface area contributed by atoms with E-state index in [0.29, 0.717) is 12.1 Å². The van der Waals surface area contributed by atoms with Crippen LogP contribution in [0.5, 0.6) is 0 Å². The molecule has 0 spiro atoms. The van der Waals surface area contributed by atoms with Gasteiger partial charge in [-0.3, -0.25) is 0 Å². The molecule has 2 aromatic carbocycles. The lowest BCUT2D eigenvalue weighted by molar-refractivity contribution is 0.220. The van der Waals surface area contributed by atoms with Gasteiger partial charge in [-0.2, -0.15) is 0 Å². The molecule has 3 rings (SSSR count). The molecule has 0 saturated heterocycles. The number of rotatable bonds is 3. The highest BCUT2D eigenvalue weighted by atomic mass is 16.3. The first-order valence-corrected chi connectivity index (χ1v) is 6.36. The van der Waals surface area contributed by atoms with E-state index in [9.17, 15) is 9.90 Å². The Labute approximate surface area is 115 Å². The summed E-state index contributed by atoms with van der Waals surface area (Å²) in [6, 6.07) is 12.9. The third kappa shape index (κ3) is 2.24. The van der Waals surface area contributed by atoms with Crippen LogP contribution in [0.1, 0.15) is 22.8 Å². The number of benzene rings is 2. The number of imidazole rings is 1. The number of nitrogens with one attached hydrogen (secondary N) is 2. The molecule has 102 valence electrons. The van der Waals surface area contributed by atoms with Gasteiger partial charge in [0.2, 0.25) is 0 Å². The Kier molecular flexibility index (Phi) is 3.14. The third-order valence-corrected chi connectivity index (χ3v) is 3.39. The lowest BCUT2D eigenvalue weighted by Crippen LogP contribution is -2.01. The molecule has 5 heteroatoms. The molecule has 1 unspecified atom stereocenters. The van der Waals surface area contributed by atoms with E-state index in [4.69, 9.17) is 5.73 Å². The van der Waals surface area contributed by atoms with Gasteiger partial charge in [0.05, 0.1) is 11.0 Å². The van der Waals surface area contributed by atoms with Crippen molar-refractivity contribution in [1.82, 2.24) is 9.97 Å². The van der Waals surface area contributed by atoms with Crippen molar-refractivity contribution in [3.63, 3.8) is 0 Å². The van der Waals surface area contributed by atoms with E-state index >= 15 is 0 Å². The highest BCUT2D eigenvalue weighted by Gasteiger charge is 2.11. The monoisotopic (exact) mass is 269 g/mol. The molecule has 0 radical (unpaired) electrons. The van der Waals surface area contributed by atoms with Crippen molar-refractivity contribution in [2.24, 2.45) is 5.73 Å². The molecule has 0 saturated carbocycles. The van der Waals surface area contributed by atoms with Crippen LogP contribution in [-0.2, 0) is 6.54 Å². The number of aromatic amines is 2. The summed E-state index contributed by atoms with van der Waals surface area (Å²) in [6.45, 7) is 0.479. The number of H-pyrrole nitrogens is 2. The third-order valence-electron chi connectivity index (χ3n) is 3.39. The van der Waals surface area contributed by atoms with Crippen molar-refractivity contribution in [2.45, 2.75) is 12.6 Å². The second-order valence-corrected chi connectivity index (χ2v) is 4.73. The lowest BCUT2D eigenvalue weighted by atomic mass is 10.00. The van der Waals surface area contributed by atoms with Gasteiger partial charge in [-0.1, -0.05) is 30.3 Å². The number of aliphatic hydroxyl groups is 1. The maximum Gasteiger partial charge on any atom is 0.323 e. The topological polar surface area (TPSA) is 94.9 Å². The average molecular weight is 269 g/mol. The van der Waals surface area contributed by atoms with Crippen molar-refractivity contribution in [1.29, 1.82) is 0 Å². The zero-order valence-electron chi connectivity index (χ0n) is 10.8. The van der Waals surface area contributed by atoms with Gasteiger partial charge < -0.3 is 20.8 Å².